The second-order valence-corrected chi connectivity index (χ2v) is 4.92. The van der Waals surface area contributed by atoms with E-state index in [9.17, 15) is 9.59 Å². The zero-order valence-electron chi connectivity index (χ0n) is 9.60. The first-order valence-corrected chi connectivity index (χ1v) is 6.65. The number of nitrogen functional groups attached to an aromatic ring is 1. The van der Waals surface area contributed by atoms with E-state index in [1.165, 1.54) is 11.0 Å². The molecule has 0 bridgehead atoms. The van der Waals surface area contributed by atoms with Gasteiger partial charge in [-0.15, -0.1) is 0 Å². The van der Waals surface area contributed by atoms with Crippen LogP contribution in [-0.2, 0) is 4.79 Å². The summed E-state index contributed by atoms with van der Waals surface area (Å²) in [4.78, 5) is 24.6. The predicted molar refractivity (Wildman–Crippen MR) is 72.1 cm³/mol. The second kappa shape index (κ2) is 4.97. The normalized spacial score (nSPS) is 19.3. The molecule has 3 N–H and O–H groups in total. The maximum Gasteiger partial charge on any atom is 0.337 e. The lowest BCUT2D eigenvalue weighted by molar-refractivity contribution is -0.117. The van der Waals surface area contributed by atoms with Crippen LogP contribution in [0.1, 0.15) is 16.8 Å². The van der Waals surface area contributed by atoms with Gasteiger partial charge in [0.2, 0.25) is 5.91 Å². The summed E-state index contributed by atoms with van der Waals surface area (Å²) >= 11 is 3.34. The Balaban J connectivity index is 2.45. The number of anilines is 2. The molecule has 0 spiro atoms. The lowest BCUT2D eigenvalue weighted by Crippen LogP contribution is -2.27. The maximum atomic E-state index is 11.9. The van der Waals surface area contributed by atoms with E-state index in [1.54, 1.807) is 12.1 Å². The molecular formula is C12H13BrN2O3. The predicted octanol–water partition coefficient (Wildman–Crippen LogP) is 1.71. The van der Waals surface area contributed by atoms with Crippen molar-refractivity contribution in [2.45, 2.75) is 6.42 Å². The molecule has 5 nitrogen and oxygen atoms in total. The molecule has 1 aromatic rings. The fraction of sp³-hybridized carbons (Fsp3) is 0.333. The number of carbonyl (C=O) groups is 2. The van der Waals surface area contributed by atoms with Gasteiger partial charge in [0.25, 0.3) is 0 Å². The van der Waals surface area contributed by atoms with Gasteiger partial charge in [-0.2, -0.15) is 0 Å². The van der Waals surface area contributed by atoms with E-state index >= 15 is 0 Å². The molecule has 1 unspecified atom stereocenters. The Kier molecular flexibility index (Phi) is 3.56. The van der Waals surface area contributed by atoms with Gasteiger partial charge in [-0.3, -0.25) is 4.79 Å². The van der Waals surface area contributed by atoms with Gasteiger partial charge in [-0.25, -0.2) is 4.79 Å². The Hall–Kier alpha value is -1.56. The van der Waals surface area contributed by atoms with E-state index < -0.39 is 5.97 Å². The second-order valence-electron chi connectivity index (χ2n) is 4.28. The number of amides is 1. The Morgan fingerprint density at radius 2 is 2.28 bits per heavy atom. The van der Waals surface area contributed by atoms with Gasteiger partial charge < -0.3 is 15.7 Å². The molecule has 1 aliphatic heterocycles. The standard InChI is InChI=1S/C12H13BrN2O3/c13-5-7-4-10(16)15(6-7)11-8(12(17)18)2-1-3-9(11)14/h1-3,7H,4-6,14H2,(H,17,18). The maximum absolute atomic E-state index is 11.9. The SMILES string of the molecule is Nc1cccc(C(=O)O)c1N1CC(CBr)CC1=O. The topological polar surface area (TPSA) is 83.6 Å². The fourth-order valence-electron chi connectivity index (χ4n) is 2.14. The molecule has 1 fully saturated rings. The minimum absolute atomic E-state index is 0.0681. The van der Waals surface area contributed by atoms with Crippen LogP contribution >= 0.6 is 15.9 Å². The highest BCUT2D eigenvalue weighted by atomic mass is 79.9. The number of rotatable bonds is 3. The van der Waals surface area contributed by atoms with Crippen molar-refractivity contribution in [2.75, 3.05) is 22.5 Å². The molecule has 1 heterocycles. The van der Waals surface area contributed by atoms with Crippen LogP contribution < -0.4 is 10.6 Å². The van der Waals surface area contributed by atoms with Crippen molar-refractivity contribution in [3.63, 3.8) is 0 Å². The Morgan fingerprint density at radius 1 is 1.56 bits per heavy atom. The number of hydrogen-bond donors (Lipinski definition) is 2. The fourth-order valence-corrected chi connectivity index (χ4v) is 2.57. The van der Waals surface area contributed by atoms with Crippen LogP contribution in [0.4, 0.5) is 11.4 Å². The quantitative estimate of drug-likeness (QED) is 0.657. The number of alkyl halides is 1. The number of halogens is 1. The van der Waals surface area contributed by atoms with Gasteiger partial charge >= 0.3 is 5.97 Å². The molecule has 1 aliphatic rings. The third-order valence-corrected chi connectivity index (χ3v) is 3.91. The average molecular weight is 313 g/mol. The third kappa shape index (κ3) is 2.20. The number of carbonyl (C=O) groups excluding carboxylic acids is 1. The number of benzene rings is 1. The van der Waals surface area contributed by atoms with Crippen molar-refractivity contribution < 1.29 is 14.7 Å². The van der Waals surface area contributed by atoms with Gasteiger partial charge in [0.1, 0.15) is 0 Å². The lowest BCUT2D eigenvalue weighted by Gasteiger charge is -2.20. The van der Waals surface area contributed by atoms with Gasteiger partial charge in [0.15, 0.2) is 0 Å². The zero-order valence-corrected chi connectivity index (χ0v) is 11.2. The van der Waals surface area contributed by atoms with E-state index in [-0.39, 0.29) is 17.4 Å². The molecule has 0 saturated carbocycles. The minimum Gasteiger partial charge on any atom is -0.478 e. The summed E-state index contributed by atoms with van der Waals surface area (Å²) in [6, 6.07) is 4.64. The molecule has 6 heteroatoms. The summed E-state index contributed by atoms with van der Waals surface area (Å²) in [5, 5.41) is 9.87. The Morgan fingerprint density at radius 3 is 2.83 bits per heavy atom. The van der Waals surface area contributed by atoms with Crippen LogP contribution in [0.15, 0.2) is 18.2 Å². The highest BCUT2D eigenvalue weighted by Gasteiger charge is 2.33. The van der Waals surface area contributed by atoms with Crippen LogP contribution in [0.2, 0.25) is 0 Å². The third-order valence-electron chi connectivity index (χ3n) is 2.99. The van der Waals surface area contributed by atoms with Gasteiger partial charge in [0, 0.05) is 18.3 Å². The summed E-state index contributed by atoms with van der Waals surface area (Å²) in [5.41, 5.74) is 6.52. The highest BCUT2D eigenvalue weighted by Crippen LogP contribution is 2.33. The molecule has 1 atom stereocenters. The van der Waals surface area contributed by atoms with Gasteiger partial charge in [0.05, 0.1) is 16.9 Å². The van der Waals surface area contributed by atoms with Gasteiger partial charge in [-0.1, -0.05) is 22.0 Å². The average Bonchev–Trinajstić information content (AvgIpc) is 2.70. The number of nitrogens with zero attached hydrogens (tertiary/aromatic N) is 1. The Labute approximate surface area is 113 Å². The van der Waals surface area contributed by atoms with E-state index in [2.05, 4.69) is 15.9 Å². The van der Waals surface area contributed by atoms with Crippen molar-refractivity contribution in [2.24, 2.45) is 5.92 Å². The van der Waals surface area contributed by atoms with Crippen molar-refractivity contribution in [3.05, 3.63) is 23.8 Å². The lowest BCUT2D eigenvalue weighted by atomic mass is 10.1. The van der Waals surface area contributed by atoms with Crippen LogP contribution in [0.25, 0.3) is 0 Å². The van der Waals surface area contributed by atoms with E-state index in [0.29, 0.717) is 29.7 Å². The number of aromatic carboxylic acids is 1. The smallest absolute Gasteiger partial charge is 0.337 e. The summed E-state index contributed by atoms with van der Waals surface area (Å²) in [6.07, 6.45) is 0.415. The molecule has 1 saturated heterocycles. The van der Waals surface area contributed by atoms with E-state index in [1.807, 2.05) is 0 Å². The molecule has 96 valence electrons. The summed E-state index contributed by atoms with van der Waals surface area (Å²) < 4.78 is 0. The van der Waals surface area contributed by atoms with E-state index in [0.717, 1.165) is 0 Å². The number of para-hydroxylation sites is 1. The molecule has 1 aromatic carbocycles. The molecule has 2 rings (SSSR count). The molecule has 0 aliphatic carbocycles. The van der Waals surface area contributed by atoms with Crippen molar-refractivity contribution in [1.82, 2.24) is 0 Å². The van der Waals surface area contributed by atoms with Crippen molar-refractivity contribution in [3.8, 4) is 0 Å². The summed E-state index contributed by atoms with van der Waals surface area (Å²) in [6.45, 7) is 0.499. The minimum atomic E-state index is -1.08. The largest absolute Gasteiger partial charge is 0.478 e. The van der Waals surface area contributed by atoms with Crippen molar-refractivity contribution in [1.29, 1.82) is 0 Å². The number of hydrogen-bond acceptors (Lipinski definition) is 3. The highest BCUT2D eigenvalue weighted by molar-refractivity contribution is 9.09. The summed E-state index contributed by atoms with van der Waals surface area (Å²) in [5.74, 6) is -0.967. The number of nitrogens with two attached hydrogens (primary N) is 1. The molecular weight excluding hydrogens is 300 g/mol. The molecule has 18 heavy (non-hydrogen) atoms. The molecule has 0 aromatic heterocycles. The first kappa shape index (κ1) is 12.9. The van der Waals surface area contributed by atoms with Crippen molar-refractivity contribution >= 4 is 39.2 Å². The Bertz CT molecular complexity index is 504. The van der Waals surface area contributed by atoms with Crippen LogP contribution in [0, 0.1) is 5.92 Å². The first-order valence-electron chi connectivity index (χ1n) is 5.52. The monoisotopic (exact) mass is 312 g/mol. The summed E-state index contributed by atoms with van der Waals surface area (Å²) in [7, 11) is 0. The van der Waals surface area contributed by atoms with Gasteiger partial charge in [-0.05, 0) is 18.1 Å². The zero-order chi connectivity index (χ0) is 13.3. The van der Waals surface area contributed by atoms with Crippen LogP contribution in [0.5, 0.6) is 0 Å². The number of carboxylic acid groups (broad SMARTS) is 1. The first-order chi connectivity index (χ1) is 8.54. The molecule has 1 amide bonds. The van der Waals surface area contributed by atoms with Crippen LogP contribution in [0.3, 0.4) is 0 Å². The van der Waals surface area contributed by atoms with E-state index in [4.69, 9.17) is 10.8 Å². The number of carboxylic acids is 1. The van der Waals surface area contributed by atoms with Crippen LogP contribution in [-0.4, -0.2) is 28.9 Å². The molecule has 0 radical (unpaired) electrons.